The Morgan fingerprint density at radius 2 is 1.77 bits per heavy atom. The zero-order valence-corrected chi connectivity index (χ0v) is 38.5. The SMILES string of the molecule is CC(C)c1ccccc1[C@H]1COCCC1N1CC2(CCN(c3ccc(C(=O)NS(=O)(=O)c4cnc(NCC5CCC(C)(C)CC5)c([N+](=O)[O-])c4)c(Oc4cnc5[nH]ccc5c4)c3)CC2)C1. The van der Waals surface area contributed by atoms with Crippen molar-refractivity contribution in [3.63, 3.8) is 0 Å². The van der Waals surface area contributed by atoms with Gasteiger partial charge in [-0.1, -0.05) is 52.0 Å². The average molecular weight is 905 g/mol. The molecule has 9 rings (SSSR count). The van der Waals surface area contributed by atoms with Gasteiger partial charge in [-0.15, -0.1) is 0 Å². The number of sulfonamides is 1. The van der Waals surface area contributed by atoms with E-state index in [1.807, 2.05) is 12.1 Å². The van der Waals surface area contributed by atoms with Gasteiger partial charge >= 0.3 is 5.69 Å². The topological polar surface area (TPSA) is 185 Å². The number of fused-ring (bicyclic) bond motifs is 1. The molecule has 6 heterocycles. The fourth-order valence-electron chi connectivity index (χ4n) is 10.5. The summed E-state index contributed by atoms with van der Waals surface area (Å²) in [5, 5.41) is 16.0. The molecule has 2 aromatic carbocycles. The van der Waals surface area contributed by atoms with Crippen LogP contribution >= 0.6 is 0 Å². The molecule has 2 atom stereocenters. The maximum atomic E-state index is 14.0. The number of carbonyl (C=O) groups excluding carboxylic acids is 1. The minimum atomic E-state index is -4.61. The molecular formula is C49H60N8O7S. The van der Waals surface area contributed by atoms with Crippen LogP contribution in [0.3, 0.4) is 0 Å². The predicted molar refractivity (Wildman–Crippen MR) is 250 cm³/mol. The second-order valence-electron chi connectivity index (χ2n) is 19.8. The summed E-state index contributed by atoms with van der Waals surface area (Å²) in [5.74, 6) is 0.649. The van der Waals surface area contributed by atoms with Crippen LogP contribution in [0.4, 0.5) is 17.2 Å². The first-order valence-electron chi connectivity index (χ1n) is 23.0. The van der Waals surface area contributed by atoms with Crippen molar-refractivity contribution in [2.24, 2.45) is 16.7 Å². The van der Waals surface area contributed by atoms with Gasteiger partial charge in [-0.25, -0.2) is 23.1 Å². The van der Waals surface area contributed by atoms with Crippen molar-refractivity contribution < 1.29 is 27.6 Å². The quantitative estimate of drug-likeness (QED) is 0.0754. The van der Waals surface area contributed by atoms with Gasteiger partial charge in [0.1, 0.15) is 22.0 Å². The number of rotatable bonds is 13. The van der Waals surface area contributed by atoms with Crippen LogP contribution in [0.2, 0.25) is 0 Å². The number of anilines is 2. The Hall–Kier alpha value is -5.58. The number of aromatic amines is 1. The van der Waals surface area contributed by atoms with Crippen molar-refractivity contribution >= 4 is 44.2 Å². The predicted octanol–water partition coefficient (Wildman–Crippen LogP) is 9.00. The Kier molecular flexibility index (Phi) is 12.4. The van der Waals surface area contributed by atoms with Crippen molar-refractivity contribution in [2.45, 2.75) is 95.4 Å². The van der Waals surface area contributed by atoms with Gasteiger partial charge in [-0.3, -0.25) is 19.8 Å². The number of carbonyl (C=O) groups is 1. The van der Waals surface area contributed by atoms with Crippen LogP contribution in [-0.4, -0.2) is 91.1 Å². The van der Waals surface area contributed by atoms with Crippen LogP contribution in [0, 0.1) is 26.9 Å². The van der Waals surface area contributed by atoms with E-state index in [-0.39, 0.29) is 28.0 Å². The van der Waals surface area contributed by atoms with E-state index in [1.165, 1.54) is 17.3 Å². The molecule has 3 saturated heterocycles. The molecule has 1 saturated carbocycles. The largest absolute Gasteiger partial charge is 0.455 e. The van der Waals surface area contributed by atoms with E-state index in [2.05, 4.69) is 86.8 Å². The number of amides is 1. The molecule has 4 aliphatic rings. The molecule has 344 valence electrons. The van der Waals surface area contributed by atoms with Crippen LogP contribution in [0.5, 0.6) is 11.5 Å². The Balaban J connectivity index is 0.898. The monoisotopic (exact) mass is 904 g/mol. The number of nitrogens with one attached hydrogen (secondary N) is 3. The number of hydrogen-bond donors (Lipinski definition) is 3. The molecular weight excluding hydrogens is 845 g/mol. The van der Waals surface area contributed by atoms with Gasteiger partial charge in [0, 0.05) is 80.7 Å². The van der Waals surface area contributed by atoms with E-state index in [1.54, 1.807) is 24.4 Å². The number of H-pyrrole nitrogens is 1. The highest BCUT2D eigenvalue weighted by molar-refractivity contribution is 7.90. The first kappa shape index (κ1) is 44.6. The van der Waals surface area contributed by atoms with Crippen molar-refractivity contribution in [1.29, 1.82) is 0 Å². The summed E-state index contributed by atoms with van der Waals surface area (Å²) in [6, 6.07) is 19.0. The Morgan fingerprint density at radius 1 is 1.00 bits per heavy atom. The lowest BCUT2D eigenvalue weighted by atomic mass is 9.69. The minimum absolute atomic E-state index is 0.0149. The molecule has 1 unspecified atom stereocenters. The molecule has 0 bridgehead atoms. The number of nitrogens with zero attached hydrogens (tertiary/aromatic N) is 5. The van der Waals surface area contributed by atoms with Crippen molar-refractivity contribution in [1.82, 2.24) is 24.6 Å². The lowest BCUT2D eigenvalue weighted by Gasteiger charge is -2.58. The molecule has 3 aliphatic heterocycles. The van der Waals surface area contributed by atoms with Gasteiger partial charge in [0.2, 0.25) is 5.82 Å². The van der Waals surface area contributed by atoms with Gasteiger partial charge in [0.15, 0.2) is 0 Å². The molecule has 1 spiro atoms. The summed E-state index contributed by atoms with van der Waals surface area (Å²) >= 11 is 0. The average Bonchev–Trinajstić information content (AvgIpc) is 3.76. The number of benzene rings is 2. The second-order valence-corrected chi connectivity index (χ2v) is 21.5. The highest BCUT2D eigenvalue weighted by Gasteiger charge is 2.49. The summed E-state index contributed by atoms with van der Waals surface area (Å²) in [6.07, 6.45) is 11.5. The number of piperidine rings is 1. The Bertz CT molecular complexity index is 2660. The zero-order valence-electron chi connectivity index (χ0n) is 37.7. The van der Waals surface area contributed by atoms with Crippen LogP contribution in [0.15, 0.2) is 84.1 Å². The summed E-state index contributed by atoms with van der Waals surface area (Å²) in [7, 11) is -4.61. The highest BCUT2D eigenvalue weighted by Crippen LogP contribution is 2.47. The minimum Gasteiger partial charge on any atom is -0.455 e. The van der Waals surface area contributed by atoms with Crippen molar-refractivity contribution in [3.8, 4) is 11.5 Å². The number of hydrogen-bond acceptors (Lipinski definition) is 12. The van der Waals surface area contributed by atoms with Gasteiger partial charge in [-0.05, 0) is 103 Å². The third-order valence-corrected chi connectivity index (χ3v) is 15.8. The van der Waals surface area contributed by atoms with E-state index < -0.39 is 31.4 Å². The second kappa shape index (κ2) is 18.0. The van der Waals surface area contributed by atoms with Crippen LogP contribution in [0.1, 0.15) is 106 Å². The number of ether oxygens (including phenoxy) is 2. The van der Waals surface area contributed by atoms with Crippen LogP contribution < -0.4 is 19.7 Å². The number of likely N-dealkylation sites (tertiary alicyclic amines) is 1. The maximum absolute atomic E-state index is 14.0. The summed E-state index contributed by atoms with van der Waals surface area (Å²) in [5.41, 5.74) is 4.31. The zero-order chi connectivity index (χ0) is 45.5. The molecule has 4 fully saturated rings. The third-order valence-electron chi connectivity index (χ3n) is 14.5. The van der Waals surface area contributed by atoms with Gasteiger partial charge in [0.05, 0.1) is 29.5 Å². The molecule has 15 nitrogen and oxygen atoms in total. The summed E-state index contributed by atoms with van der Waals surface area (Å²) < 4.78 is 42.0. The van der Waals surface area contributed by atoms with E-state index in [0.29, 0.717) is 41.7 Å². The van der Waals surface area contributed by atoms with Gasteiger partial charge in [-0.2, -0.15) is 0 Å². The molecule has 16 heteroatoms. The third kappa shape index (κ3) is 9.57. The lowest BCUT2D eigenvalue weighted by molar-refractivity contribution is -0.384. The molecule has 5 aromatic rings. The van der Waals surface area contributed by atoms with E-state index in [0.717, 1.165) is 108 Å². The molecule has 65 heavy (non-hydrogen) atoms. The molecule has 3 N–H and O–H groups in total. The molecule has 1 amide bonds. The number of aromatic nitrogens is 3. The molecule has 1 aliphatic carbocycles. The van der Waals surface area contributed by atoms with E-state index in [9.17, 15) is 23.3 Å². The lowest BCUT2D eigenvalue weighted by Crippen LogP contribution is -2.64. The van der Waals surface area contributed by atoms with Crippen molar-refractivity contribution in [2.75, 3.05) is 56.2 Å². The summed E-state index contributed by atoms with van der Waals surface area (Å²) in [6.45, 7) is 14.8. The van der Waals surface area contributed by atoms with Gasteiger partial charge < -0.3 is 24.7 Å². The van der Waals surface area contributed by atoms with Crippen molar-refractivity contribution in [3.05, 3.63) is 106 Å². The van der Waals surface area contributed by atoms with E-state index >= 15 is 0 Å². The molecule has 3 aromatic heterocycles. The standard InChI is InChI=1S/C49H60N8O7S/c1-32(2)38-7-5-6-8-39(38)41-29-63-22-14-42(41)56-30-49(31-56)17-20-55(21-18-49)35-9-10-40(44(24-35)64-36-23-34-13-19-50-45(34)52-27-36)47(58)54-65(61,62)37-25-43(57(59)60)46(53-28-37)51-26-33-11-15-48(3,4)16-12-33/h5-10,13,19,23-25,27-28,32-33,41-42H,11-12,14-18,20-22,26,29-31H2,1-4H3,(H,50,52)(H,51,53)(H,54,58)/t41-,42?/m1/s1. The fraction of sp³-hybridized carbons (Fsp3) is 0.490. The summed E-state index contributed by atoms with van der Waals surface area (Å²) in [4.78, 5) is 41.6. The normalized spacial score (nSPS) is 21.3. The number of pyridine rings is 2. The van der Waals surface area contributed by atoms with Crippen LogP contribution in [-0.2, 0) is 14.8 Å². The first-order chi connectivity index (χ1) is 31.2. The fourth-order valence-corrected chi connectivity index (χ4v) is 11.4. The first-order valence-corrected chi connectivity index (χ1v) is 24.5. The Labute approximate surface area is 380 Å². The highest BCUT2D eigenvalue weighted by atomic mass is 32.2. The van der Waals surface area contributed by atoms with Crippen LogP contribution in [0.25, 0.3) is 11.0 Å². The maximum Gasteiger partial charge on any atom is 0.312 e. The smallest absolute Gasteiger partial charge is 0.312 e. The number of nitro groups is 1. The molecule has 0 radical (unpaired) electrons. The van der Waals surface area contributed by atoms with E-state index in [4.69, 9.17) is 9.47 Å². The van der Waals surface area contributed by atoms with Gasteiger partial charge in [0.25, 0.3) is 15.9 Å². The Morgan fingerprint density at radius 3 is 2.52 bits per heavy atom.